The zero-order valence-corrected chi connectivity index (χ0v) is 14.3. The zero-order valence-electron chi connectivity index (χ0n) is 14.3. The van der Waals surface area contributed by atoms with Gasteiger partial charge >= 0.3 is 0 Å². The molecule has 1 aromatic carbocycles. The molecule has 2 aromatic rings. The quantitative estimate of drug-likeness (QED) is 0.810. The van der Waals surface area contributed by atoms with E-state index < -0.39 is 0 Å². The van der Waals surface area contributed by atoms with Crippen molar-refractivity contribution in [1.82, 2.24) is 4.98 Å². The molecule has 0 unspecified atom stereocenters. The first kappa shape index (κ1) is 16.2. The Hall–Kier alpha value is -2.69. The number of aromatic nitrogens is 1. The van der Waals surface area contributed by atoms with Crippen LogP contribution in [0.3, 0.4) is 0 Å². The minimum absolute atomic E-state index is 0.144. The van der Waals surface area contributed by atoms with Crippen molar-refractivity contribution in [3.63, 3.8) is 0 Å². The predicted octanol–water partition coefficient (Wildman–Crippen LogP) is 3.19. The number of aliphatic imine (C=N–C) groups is 1. The Morgan fingerprint density at radius 3 is 2.46 bits per heavy atom. The van der Waals surface area contributed by atoms with Gasteiger partial charge in [-0.2, -0.15) is 0 Å². The van der Waals surface area contributed by atoms with Crippen molar-refractivity contribution in [2.45, 2.75) is 26.3 Å². The molecule has 0 fully saturated rings. The van der Waals surface area contributed by atoms with Crippen molar-refractivity contribution >= 4 is 11.7 Å². The second-order valence-corrected chi connectivity index (χ2v) is 6.45. The molecular weight excluding hydrogens is 304 g/mol. The van der Waals surface area contributed by atoms with Crippen LogP contribution >= 0.6 is 0 Å². The van der Waals surface area contributed by atoms with Crippen LogP contribution < -0.4 is 4.74 Å². The van der Waals surface area contributed by atoms with Crippen molar-refractivity contribution in [1.29, 1.82) is 0 Å². The summed E-state index contributed by atoms with van der Waals surface area (Å²) in [5.74, 6) is 0.942. The monoisotopic (exact) mass is 324 g/mol. The highest BCUT2D eigenvalue weighted by Gasteiger charge is 2.27. The van der Waals surface area contributed by atoms with Crippen LogP contribution in [0.5, 0.6) is 5.88 Å². The Bertz CT molecular complexity index is 808. The molecule has 0 bridgehead atoms. The molecule has 0 radical (unpaired) electrons. The van der Waals surface area contributed by atoms with Gasteiger partial charge in [0.1, 0.15) is 12.3 Å². The first-order valence-electron chi connectivity index (χ1n) is 7.79. The summed E-state index contributed by atoms with van der Waals surface area (Å²) in [5.41, 5.74) is 2.48. The van der Waals surface area contributed by atoms with Crippen molar-refractivity contribution in [2.75, 3.05) is 13.7 Å². The van der Waals surface area contributed by atoms with Crippen molar-refractivity contribution < 1.29 is 14.3 Å². The van der Waals surface area contributed by atoms with Gasteiger partial charge in [0, 0.05) is 16.7 Å². The highest BCUT2D eigenvalue weighted by molar-refractivity contribution is 6.08. The molecule has 1 aliphatic rings. The SMILES string of the molecule is COc1nc(C(=O)c2ccc(C3=NC(C)(C)CO3)cc2)ccc1C. The molecule has 0 aliphatic carbocycles. The summed E-state index contributed by atoms with van der Waals surface area (Å²) in [4.78, 5) is 21.4. The van der Waals surface area contributed by atoms with E-state index in [1.165, 1.54) is 0 Å². The standard InChI is InChI=1S/C19H20N2O3/c1-12-5-10-15(20-17(12)23-4)16(22)13-6-8-14(9-7-13)18-21-19(2,3)11-24-18/h5-10H,11H2,1-4H3. The Kier molecular flexibility index (Phi) is 4.09. The van der Waals surface area contributed by atoms with Gasteiger partial charge in [-0.15, -0.1) is 0 Å². The third kappa shape index (κ3) is 3.15. The molecule has 24 heavy (non-hydrogen) atoms. The van der Waals surface area contributed by atoms with Gasteiger partial charge in [0.2, 0.25) is 17.6 Å². The Morgan fingerprint density at radius 1 is 1.17 bits per heavy atom. The van der Waals surface area contributed by atoms with Crippen LogP contribution in [0.1, 0.15) is 41.0 Å². The number of benzene rings is 1. The summed E-state index contributed by atoms with van der Waals surface area (Å²) < 4.78 is 10.8. The first-order valence-corrected chi connectivity index (χ1v) is 7.79. The predicted molar refractivity (Wildman–Crippen MR) is 92.0 cm³/mol. The number of carbonyl (C=O) groups excluding carboxylic acids is 1. The minimum Gasteiger partial charge on any atom is -0.481 e. The number of hydrogen-bond acceptors (Lipinski definition) is 5. The van der Waals surface area contributed by atoms with E-state index in [0.717, 1.165) is 11.1 Å². The van der Waals surface area contributed by atoms with Gasteiger partial charge in [-0.25, -0.2) is 9.98 Å². The van der Waals surface area contributed by atoms with Gasteiger partial charge in [-0.3, -0.25) is 4.79 Å². The summed E-state index contributed by atoms with van der Waals surface area (Å²) in [7, 11) is 1.54. The highest BCUT2D eigenvalue weighted by Crippen LogP contribution is 2.22. The lowest BCUT2D eigenvalue weighted by molar-refractivity contribution is 0.103. The summed E-state index contributed by atoms with van der Waals surface area (Å²) in [6.07, 6.45) is 0. The van der Waals surface area contributed by atoms with Crippen molar-refractivity contribution in [3.05, 3.63) is 58.8 Å². The topological polar surface area (TPSA) is 60.8 Å². The van der Waals surface area contributed by atoms with Crippen molar-refractivity contribution in [3.8, 4) is 5.88 Å². The number of nitrogens with zero attached hydrogens (tertiary/aromatic N) is 2. The van der Waals surface area contributed by atoms with Crippen molar-refractivity contribution in [2.24, 2.45) is 4.99 Å². The van der Waals surface area contributed by atoms with Gasteiger partial charge < -0.3 is 9.47 Å². The summed E-state index contributed by atoms with van der Waals surface area (Å²) in [5, 5.41) is 0. The third-order valence-corrected chi connectivity index (χ3v) is 3.84. The van der Waals surface area contributed by atoms with E-state index in [-0.39, 0.29) is 11.3 Å². The maximum atomic E-state index is 12.6. The molecular formula is C19H20N2O3. The van der Waals surface area contributed by atoms with Crippen LogP contribution in [0, 0.1) is 6.92 Å². The molecule has 0 N–H and O–H groups in total. The number of ether oxygens (including phenoxy) is 2. The number of aryl methyl sites for hydroxylation is 1. The van der Waals surface area contributed by atoms with Crippen LogP contribution in [0.4, 0.5) is 0 Å². The van der Waals surface area contributed by atoms with Crippen LogP contribution in [-0.2, 0) is 4.74 Å². The molecule has 0 saturated carbocycles. The molecule has 0 amide bonds. The second-order valence-electron chi connectivity index (χ2n) is 6.45. The van der Waals surface area contributed by atoms with E-state index in [1.807, 2.05) is 39.0 Å². The van der Waals surface area contributed by atoms with Crippen LogP contribution in [-0.4, -0.2) is 35.9 Å². The first-order chi connectivity index (χ1) is 11.4. The van der Waals surface area contributed by atoms with Crippen LogP contribution in [0.2, 0.25) is 0 Å². The summed E-state index contributed by atoms with van der Waals surface area (Å²) >= 11 is 0. The van der Waals surface area contributed by atoms with E-state index in [0.29, 0.717) is 29.6 Å². The van der Waals surface area contributed by atoms with Gasteiger partial charge in [0.25, 0.3) is 0 Å². The lowest BCUT2D eigenvalue weighted by Gasteiger charge is -2.07. The van der Waals surface area contributed by atoms with E-state index in [4.69, 9.17) is 9.47 Å². The average molecular weight is 324 g/mol. The maximum absolute atomic E-state index is 12.6. The maximum Gasteiger partial charge on any atom is 0.216 e. The van der Waals surface area contributed by atoms with Gasteiger partial charge in [0.15, 0.2) is 0 Å². The summed E-state index contributed by atoms with van der Waals surface area (Å²) in [6.45, 7) is 6.50. The Morgan fingerprint density at radius 2 is 1.88 bits per heavy atom. The Labute approximate surface area is 141 Å². The number of rotatable bonds is 4. The molecule has 124 valence electrons. The van der Waals surface area contributed by atoms with Crippen LogP contribution in [0.25, 0.3) is 0 Å². The number of ketones is 1. The molecule has 5 nitrogen and oxygen atoms in total. The highest BCUT2D eigenvalue weighted by atomic mass is 16.5. The molecule has 0 atom stereocenters. The lowest BCUT2D eigenvalue weighted by atomic mass is 10.0. The van der Waals surface area contributed by atoms with Crippen LogP contribution in [0.15, 0.2) is 41.4 Å². The lowest BCUT2D eigenvalue weighted by Crippen LogP contribution is -2.17. The number of hydrogen-bond donors (Lipinski definition) is 0. The Balaban J connectivity index is 1.84. The minimum atomic E-state index is -0.202. The number of pyridine rings is 1. The third-order valence-electron chi connectivity index (χ3n) is 3.84. The van der Waals surface area contributed by atoms with Gasteiger partial charge in [-0.05, 0) is 39.0 Å². The van der Waals surface area contributed by atoms with Gasteiger partial charge in [-0.1, -0.05) is 18.2 Å². The van der Waals surface area contributed by atoms with E-state index in [1.54, 1.807) is 25.3 Å². The fourth-order valence-corrected chi connectivity index (χ4v) is 2.49. The number of carbonyl (C=O) groups is 1. The fourth-order valence-electron chi connectivity index (χ4n) is 2.49. The fraction of sp³-hybridized carbons (Fsp3) is 0.316. The molecule has 5 heteroatoms. The second kappa shape index (κ2) is 6.07. The number of methoxy groups -OCH3 is 1. The van der Waals surface area contributed by atoms with Gasteiger partial charge in [0.05, 0.1) is 12.6 Å². The molecule has 1 aliphatic heterocycles. The summed E-state index contributed by atoms with van der Waals surface area (Å²) in [6, 6.07) is 10.8. The average Bonchev–Trinajstić information content (AvgIpc) is 2.95. The molecule has 3 rings (SSSR count). The normalized spacial score (nSPS) is 15.6. The molecule has 2 heterocycles. The largest absolute Gasteiger partial charge is 0.481 e. The zero-order chi connectivity index (χ0) is 17.3. The van der Waals surface area contributed by atoms with E-state index in [2.05, 4.69) is 9.98 Å². The molecule has 0 spiro atoms. The molecule has 0 saturated heterocycles. The van der Waals surface area contributed by atoms with E-state index >= 15 is 0 Å². The molecule has 1 aromatic heterocycles. The smallest absolute Gasteiger partial charge is 0.216 e. The van der Waals surface area contributed by atoms with E-state index in [9.17, 15) is 4.79 Å².